The molecule has 3 nitrogen and oxygen atoms in total. The largest absolute Gasteiger partial charge is 0.393 e. The van der Waals surface area contributed by atoms with E-state index in [4.69, 9.17) is 4.74 Å². The normalized spacial score (nSPS) is 50.4. The highest BCUT2D eigenvalue weighted by molar-refractivity contribution is 5.29. The van der Waals surface area contributed by atoms with Crippen molar-refractivity contribution >= 4 is 0 Å². The van der Waals surface area contributed by atoms with Crippen molar-refractivity contribution in [2.45, 2.75) is 90.8 Å². The average molecular weight is 377 g/mol. The fourth-order valence-corrected chi connectivity index (χ4v) is 7.85. The number of aliphatic hydroxyl groups excluding tert-OH is 1. The predicted octanol–water partition coefficient (Wildman–Crippen LogP) is 4.71. The second-order valence-electron chi connectivity index (χ2n) is 10.8. The van der Waals surface area contributed by atoms with E-state index in [1.165, 1.54) is 25.7 Å². The van der Waals surface area contributed by atoms with Gasteiger partial charge in [0, 0.05) is 6.61 Å². The van der Waals surface area contributed by atoms with Crippen molar-refractivity contribution in [2.24, 2.45) is 34.5 Å². The molecule has 27 heavy (non-hydrogen) atoms. The molecule has 0 aromatic rings. The first-order chi connectivity index (χ1) is 12.7. The second kappa shape index (κ2) is 6.85. The minimum absolute atomic E-state index is 0.190. The summed E-state index contributed by atoms with van der Waals surface area (Å²) >= 11 is 0. The molecule has 0 saturated heterocycles. The molecule has 2 N–H and O–H groups in total. The highest BCUT2D eigenvalue weighted by atomic mass is 16.5. The van der Waals surface area contributed by atoms with Gasteiger partial charge >= 0.3 is 0 Å². The van der Waals surface area contributed by atoms with Crippen LogP contribution in [0.25, 0.3) is 0 Å². The molecule has 8 atom stereocenters. The van der Waals surface area contributed by atoms with Gasteiger partial charge in [-0.3, -0.25) is 0 Å². The van der Waals surface area contributed by atoms with Crippen molar-refractivity contribution < 1.29 is 14.9 Å². The molecular weight excluding hydrogens is 336 g/mol. The van der Waals surface area contributed by atoms with Crippen molar-refractivity contribution in [3.05, 3.63) is 11.6 Å². The first-order valence-electron chi connectivity index (χ1n) is 11.4. The van der Waals surface area contributed by atoms with Crippen LogP contribution in [0.4, 0.5) is 0 Å². The monoisotopic (exact) mass is 376 g/mol. The van der Waals surface area contributed by atoms with Gasteiger partial charge in [0.25, 0.3) is 0 Å². The van der Waals surface area contributed by atoms with Crippen LogP contribution in [-0.4, -0.2) is 35.1 Å². The van der Waals surface area contributed by atoms with E-state index >= 15 is 0 Å². The van der Waals surface area contributed by atoms with Gasteiger partial charge in [-0.25, -0.2) is 0 Å². The van der Waals surface area contributed by atoms with E-state index < -0.39 is 5.60 Å². The van der Waals surface area contributed by atoms with E-state index in [-0.39, 0.29) is 16.9 Å². The fraction of sp³-hybridized carbons (Fsp3) is 0.917. The second-order valence-corrected chi connectivity index (χ2v) is 10.8. The van der Waals surface area contributed by atoms with E-state index in [0.29, 0.717) is 31.0 Å². The van der Waals surface area contributed by atoms with Gasteiger partial charge < -0.3 is 14.9 Å². The molecule has 154 valence electrons. The minimum atomic E-state index is -0.623. The quantitative estimate of drug-likeness (QED) is 0.698. The van der Waals surface area contributed by atoms with Crippen LogP contribution in [-0.2, 0) is 4.74 Å². The molecule has 0 aliphatic heterocycles. The Morgan fingerprint density at radius 3 is 2.67 bits per heavy atom. The Morgan fingerprint density at radius 1 is 1.19 bits per heavy atom. The van der Waals surface area contributed by atoms with Gasteiger partial charge in [-0.15, -0.1) is 0 Å². The summed E-state index contributed by atoms with van der Waals surface area (Å²) in [4.78, 5) is 0. The summed E-state index contributed by atoms with van der Waals surface area (Å²) in [5, 5.41) is 21.4. The lowest BCUT2D eigenvalue weighted by Crippen LogP contribution is -2.53. The van der Waals surface area contributed by atoms with Gasteiger partial charge in [-0.2, -0.15) is 0 Å². The van der Waals surface area contributed by atoms with Crippen LogP contribution in [0.15, 0.2) is 11.6 Å². The fourth-order valence-electron chi connectivity index (χ4n) is 7.85. The number of aliphatic hydroxyl groups is 2. The molecule has 0 spiro atoms. The standard InChI is InChI=1S/C24H40O3/c1-5-27-15-24(26)13-12-22(3)17(14-24)6-7-18-20-9-8-19(16(2)25)23(20,4)11-10-21(18)22/h10,16-20,25-26H,5-9,11-15H2,1-4H3/t16?,17-,18+,19-,20+,22+,23-,24-/m1/s1. The van der Waals surface area contributed by atoms with Gasteiger partial charge in [-0.1, -0.05) is 25.5 Å². The van der Waals surface area contributed by atoms with Crippen LogP contribution in [0.2, 0.25) is 0 Å². The number of hydrogen-bond donors (Lipinski definition) is 2. The third-order valence-electron chi connectivity index (χ3n) is 9.41. The molecule has 3 fully saturated rings. The van der Waals surface area contributed by atoms with Crippen molar-refractivity contribution in [3.63, 3.8) is 0 Å². The molecule has 0 aromatic carbocycles. The zero-order valence-electron chi connectivity index (χ0n) is 17.8. The molecule has 0 bridgehead atoms. The molecule has 0 heterocycles. The molecule has 0 aromatic heterocycles. The van der Waals surface area contributed by atoms with Crippen LogP contribution in [0, 0.1) is 34.5 Å². The van der Waals surface area contributed by atoms with Crippen molar-refractivity contribution in [1.29, 1.82) is 0 Å². The van der Waals surface area contributed by atoms with E-state index in [2.05, 4.69) is 19.9 Å². The highest BCUT2D eigenvalue weighted by Crippen LogP contribution is 2.66. The molecular formula is C24H40O3. The molecule has 0 radical (unpaired) electrons. The van der Waals surface area contributed by atoms with Crippen LogP contribution >= 0.6 is 0 Å². The molecule has 4 aliphatic rings. The summed E-state index contributed by atoms with van der Waals surface area (Å²) in [6.07, 6.45) is 11.3. The summed E-state index contributed by atoms with van der Waals surface area (Å²) in [6.45, 7) is 10.1. The first kappa shape index (κ1) is 19.9. The van der Waals surface area contributed by atoms with Crippen molar-refractivity contribution in [2.75, 3.05) is 13.2 Å². The van der Waals surface area contributed by atoms with Gasteiger partial charge in [0.1, 0.15) is 0 Å². The Morgan fingerprint density at radius 2 is 1.96 bits per heavy atom. The number of hydrogen-bond acceptors (Lipinski definition) is 3. The van der Waals surface area contributed by atoms with Crippen molar-refractivity contribution in [3.8, 4) is 0 Å². The zero-order chi connectivity index (χ0) is 19.4. The summed E-state index contributed by atoms with van der Waals surface area (Å²) in [7, 11) is 0. The maximum absolute atomic E-state index is 11.1. The lowest BCUT2D eigenvalue weighted by molar-refractivity contribution is -0.113. The summed E-state index contributed by atoms with van der Waals surface area (Å²) in [6, 6.07) is 0. The SMILES string of the molecule is CCOC[C@@]1(O)CC[C@]2(C)C3=CC[C@]4(C)[C@@H](C(C)O)CC[C@H]4[C@@H]3CC[C@@H]2C1. The Balaban J connectivity index is 1.58. The molecule has 4 aliphatic carbocycles. The Labute approximate surface area is 165 Å². The molecule has 0 amide bonds. The van der Waals surface area contributed by atoms with E-state index in [1.807, 2.05) is 13.8 Å². The zero-order valence-corrected chi connectivity index (χ0v) is 17.8. The first-order valence-corrected chi connectivity index (χ1v) is 11.4. The smallest absolute Gasteiger partial charge is 0.0883 e. The Hall–Kier alpha value is -0.380. The van der Waals surface area contributed by atoms with Crippen LogP contribution < -0.4 is 0 Å². The van der Waals surface area contributed by atoms with Gasteiger partial charge in [0.05, 0.1) is 18.3 Å². The summed E-state index contributed by atoms with van der Waals surface area (Å²) in [5.74, 6) is 2.47. The molecule has 3 heteroatoms. The van der Waals surface area contributed by atoms with Gasteiger partial charge in [0.15, 0.2) is 0 Å². The number of rotatable bonds is 4. The minimum Gasteiger partial charge on any atom is -0.393 e. The number of ether oxygens (including phenoxy) is 1. The third-order valence-corrected chi connectivity index (χ3v) is 9.41. The van der Waals surface area contributed by atoms with Crippen LogP contribution in [0.5, 0.6) is 0 Å². The third kappa shape index (κ3) is 3.04. The average Bonchev–Trinajstić information content (AvgIpc) is 2.98. The highest BCUT2D eigenvalue weighted by Gasteiger charge is 2.58. The summed E-state index contributed by atoms with van der Waals surface area (Å²) < 4.78 is 5.61. The molecule has 3 saturated carbocycles. The Kier molecular flexibility index (Phi) is 5.05. The lowest BCUT2D eigenvalue weighted by Gasteiger charge is -2.58. The molecule has 1 unspecified atom stereocenters. The maximum atomic E-state index is 11.1. The van der Waals surface area contributed by atoms with Gasteiger partial charge in [-0.05, 0) is 99.7 Å². The van der Waals surface area contributed by atoms with E-state index in [0.717, 1.165) is 31.6 Å². The van der Waals surface area contributed by atoms with Crippen LogP contribution in [0.3, 0.4) is 0 Å². The number of fused-ring (bicyclic) bond motifs is 5. The Bertz CT molecular complexity index is 598. The van der Waals surface area contributed by atoms with Crippen LogP contribution in [0.1, 0.15) is 79.1 Å². The summed E-state index contributed by atoms with van der Waals surface area (Å²) in [5.41, 5.74) is 1.62. The van der Waals surface area contributed by atoms with E-state index in [1.54, 1.807) is 5.57 Å². The van der Waals surface area contributed by atoms with Crippen molar-refractivity contribution in [1.82, 2.24) is 0 Å². The topological polar surface area (TPSA) is 49.7 Å². The van der Waals surface area contributed by atoms with Gasteiger partial charge in [0.2, 0.25) is 0 Å². The predicted molar refractivity (Wildman–Crippen MR) is 108 cm³/mol. The molecule has 4 rings (SSSR count). The number of allylic oxidation sites excluding steroid dienone is 2. The maximum Gasteiger partial charge on any atom is 0.0883 e. The lowest BCUT2D eigenvalue weighted by atomic mass is 9.47. The van der Waals surface area contributed by atoms with E-state index in [9.17, 15) is 10.2 Å².